The first-order chi connectivity index (χ1) is 8.24. The second-order valence-electron chi connectivity index (χ2n) is 4.24. The molecule has 0 saturated heterocycles. The fourth-order valence-corrected chi connectivity index (χ4v) is 2.06. The number of fused-ring (bicyclic) bond motifs is 1. The van der Waals surface area contributed by atoms with Gasteiger partial charge >= 0.3 is 0 Å². The number of nitrogens with zero attached hydrogens (tertiary/aromatic N) is 1. The minimum atomic E-state index is -0.845. The molecule has 90 valence electrons. The molecule has 1 aromatic heterocycles. The lowest BCUT2D eigenvalue weighted by atomic mass is 9.97. The van der Waals surface area contributed by atoms with Crippen LogP contribution >= 0.6 is 0 Å². The highest BCUT2D eigenvalue weighted by atomic mass is 16.3. The van der Waals surface area contributed by atoms with Crippen LogP contribution in [0.4, 0.5) is 0 Å². The third-order valence-electron chi connectivity index (χ3n) is 2.98. The Balaban J connectivity index is 2.41. The number of aliphatic hydroxyl groups excluding tert-OH is 2. The number of hydrogen-bond acceptors (Lipinski definition) is 3. The van der Waals surface area contributed by atoms with E-state index in [0.29, 0.717) is 6.42 Å². The van der Waals surface area contributed by atoms with Crippen LogP contribution in [0.25, 0.3) is 10.8 Å². The fraction of sp³-hybridized carbons (Fsp3) is 0.357. The Morgan fingerprint density at radius 1 is 1.24 bits per heavy atom. The second kappa shape index (κ2) is 5.25. The van der Waals surface area contributed by atoms with Crippen LogP contribution in [0.1, 0.15) is 31.4 Å². The van der Waals surface area contributed by atoms with Crippen molar-refractivity contribution in [2.24, 2.45) is 0 Å². The predicted molar refractivity (Wildman–Crippen MR) is 67.6 cm³/mol. The molecular formula is C14H17NO2. The van der Waals surface area contributed by atoms with Gasteiger partial charge in [0.1, 0.15) is 6.10 Å². The molecule has 0 aliphatic rings. The molecule has 0 fully saturated rings. The van der Waals surface area contributed by atoms with Crippen molar-refractivity contribution in [3.8, 4) is 0 Å². The summed E-state index contributed by atoms with van der Waals surface area (Å²) in [7, 11) is 0. The maximum atomic E-state index is 10.1. The number of benzene rings is 1. The van der Waals surface area contributed by atoms with Gasteiger partial charge < -0.3 is 10.2 Å². The molecular weight excluding hydrogens is 214 g/mol. The summed E-state index contributed by atoms with van der Waals surface area (Å²) in [6, 6.07) is 7.60. The van der Waals surface area contributed by atoms with Crippen molar-refractivity contribution in [2.45, 2.75) is 32.0 Å². The van der Waals surface area contributed by atoms with E-state index in [1.165, 1.54) is 0 Å². The van der Waals surface area contributed by atoms with E-state index in [1.54, 1.807) is 12.4 Å². The highest BCUT2D eigenvalue weighted by Crippen LogP contribution is 2.26. The zero-order valence-corrected chi connectivity index (χ0v) is 9.87. The predicted octanol–water partition coefficient (Wildman–Crippen LogP) is 2.43. The molecule has 17 heavy (non-hydrogen) atoms. The standard InChI is InChI=1S/C14H17NO2/c1-2-4-13(16)14(17)11-6-3-5-10-7-8-15-9-12(10)11/h3,5-9,13-14,16-17H,2,4H2,1H3. The maximum absolute atomic E-state index is 10.1. The molecule has 2 aromatic rings. The second-order valence-corrected chi connectivity index (χ2v) is 4.24. The lowest BCUT2D eigenvalue weighted by Gasteiger charge is -2.19. The van der Waals surface area contributed by atoms with Crippen molar-refractivity contribution >= 4 is 10.8 Å². The van der Waals surface area contributed by atoms with E-state index in [-0.39, 0.29) is 0 Å². The molecule has 1 aromatic carbocycles. The van der Waals surface area contributed by atoms with Crippen LogP contribution in [0.5, 0.6) is 0 Å². The number of hydrogen-bond donors (Lipinski definition) is 2. The van der Waals surface area contributed by atoms with Gasteiger partial charge in [0.25, 0.3) is 0 Å². The monoisotopic (exact) mass is 231 g/mol. The molecule has 0 spiro atoms. The SMILES string of the molecule is CCCC(O)C(O)c1cccc2ccncc12. The summed E-state index contributed by atoms with van der Waals surface area (Å²) in [6.07, 6.45) is 3.33. The summed E-state index contributed by atoms with van der Waals surface area (Å²) in [5.74, 6) is 0. The maximum Gasteiger partial charge on any atom is 0.105 e. The molecule has 2 atom stereocenters. The molecule has 0 bridgehead atoms. The molecule has 0 aliphatic carbocycles. The number of aromatic nitrogens is 1. The van der Waals surface area contributed by atoms with Gasteiger partial charge in [0, 0.05) is 17.8 Å². The summed E-state index contributed by atoms with van der Waals surface area (Å²) in [5.41, 5.74) is 0.747. The highest BCUT2D eigenvalue weighted by molar-refractivity contribution is 5.85. The molecule has 2 unspecified atom stereocenters. The quantitative estimate of drug-likeness (QED) is 0.849. The van der Waals surface area contributed by atoms with E-state index in [2.05, 4.69) is 4.98 Å². The Labute approximate surface area is 101 Å². The average molecular weight is 231 g/mol. The Bertz CT molecular complexity index is 493. The zero-order chi connectivity index (χ0) is 12.3. The van der Waals surface area contributed by atoms with Gasteiger partial charge in [-0.05, 0) is 23.4 Å². The number of aliphatic hydroxyl groups is 2. The van der Waals surface area contributed by atoms with E-state index in [4.69, 9.17) is 0 Å². The van der Waals surface area contributed by atoms with E-state index in [1.807, 2.05) is 31.2 Å². The van der Waals surface area contributed by atoms with Gasteiger partial charge in [-0.25, -0.2) is 0 Å². The average Bonchev–Trinajstić information content (AvgIpc) is 2.37. The third-order valence-corrected chi connectivity index (χ3v) is 2.98. The minimum Gasteiger partial charge on any atom is -0.390 e. The lowest BCUT2D eigenvalue weighted by molar-refractivity contribution is 0.0139. The molecule has 2 rings (SSSR count). The van der Waals surface area contributed by atoms with Gasteiger partial charge in [-0.15, -0.1) is 0 Å². The Morgan fingerprint density at radius 2 is 2.06 bits per heavy atom. The van der Waals surface area contributed by atoms with Gasteiger partial charge in [0.15, 0.2) is 0 Å². The minimum absolute atomic E-state index is 0.595. The largest absolute Gasteiger partial charge is 0.390 e. The van der Waals surface area contributed by atoms with Crippen LogP contribution in [0, 0.1) is 0 Å². The van der Waals surface area contributed by atoms with E-state index < -0.39 is 12.2 Å². The molecule has 1 heterocycles. The van der Waals surface area contributed by atoms with Gasteiger partial charge in [-0.1, -0.05) is 31.5 Å². The first-order valence-corrected chi connectivity index (χ1v) is 5.92. The summed E-state index contributed by atoms with van der Waals surface area (Å²) < 4.78 is 0. The Kier molecular flexibility index (Phi) is 3.71. The van der Waals surface area contributed by atoms with Crippen molar-refractivity contribution < 1.29 is 10.2 Å². The van der Waals surface area contributed by atoms with Crippen LogP contribution in [-0.4, -0.2) is 21.3 Å². The van der Waals surface area contributed by atoms with Crippen molar-refractivity contribution in [1.29, 1.82) is 0 Å². The van der Waals surface area contributed by atoms with Gasteiger partial charge in [-0.3, -0.25) is 4.98 Å². The van der Waals surface area contributed by atoms with Crippen molar-refractivity contribution in [3.05, 3.63) is 42.2 Å². The molecule has 3 nitrogen and oxygen atoms in total. The van der Waals surface area contributed by atoms with Gasteiger partial charge in [0.2, 0.25) is 0 Å². The molecule has 3 heteroatoms. The number of rotatable bonds is 4. The highest BCUT2D eigenvalue weighted by Gasteiger charge is 2.19. The first-order valence-electron chi connectivity index (χ1n) is 5.92. The summed E-state index contributed by atoms with van der Waals surface area (Å²) in [4.78, 5) is 4.07. The third kappa shape index (κ3) is 2.46. The zero-order valence-electron chi connectivity index (χ0n) is 9.87. The van der Waals surface area contributed by atoms with Crippen molar-refractivity contribution in [3.63, 3.8) is 0 Å². The molecule has 2 N–H and O–H groups in total. The molecule has 0 saturated carbocycles. The molecule has 0 aliphatic heterocycles. The van der Waals surface area contributed by atoms with Gasteiger partial charge in [-0.2, -0.15) is 0 Å². The van der Waals surface area contributed by atoms with Crippen molar-refractivity contribution in [1.82, 2.24) is 4.98 Å². The molecule has 0 amide bonds. The van der Waals surface area contributed by atoms with Crippen LogP contribution in [0.3, 0.4) is 0 Å². The van der Waals surface area contributed by atoms with Crippen LogP contribution in [0.2, 0.25) is 0 Å². The molecule has 0 radical (unpaired) electrons. The Morgan fingerprint density at radius 3 is 2.82 bits per heavy atom. The summed E-state index contributed by atoms with van der Waals surface area (Å²) in [5, 5.41) is 21.9. The fourth-order valence-electron chi connectivity index (χ4n) is 2.06. The topological polar surface area (TPSA) is 53.4 Å². The van der Waals surface area contributed by atoms with Gasteiger partial charge in [0.05, 0.1) is 6.10 Å². The smallest absolute Gasteiger partial charge is 0.105 e. The van der Waals surface area contributed by atoms with Crippen LogP contribution in [0.15, 0.2) is 36.7 Å². The van der Waals surface area contributed by atoms with Crippen LogP contribution < -0.4 is 0 Å². The number of pyridine rings is 1. The van der Waals surface area contributed by atoms with E-state index in [0.717, 1.165) is 22.8 Å². The summed E-state index contributed by atoms with van der Waals surface area (Å²) >= 11 is 0. The lowest BCUT2D eigenvalue weighted by Crippen LogP contribution is -2.18. The van der Waals surface area contributed by atoms with Crippen LogP contribution in [-0.2, 0) is 0 Å². The van der Waals surface area contributed by atoms with E-state index >= 15 is 0 Å². The summed E-state index contributed by atoms with van der Waals surface area (Å²) in [6.45, 7) is 1.99. The first kappa shape index (κ1) is 12.0. The Hall–Kier alpha value is -1.45. The van der Waals surface area contributed by atoms with Crippen molar-refractivity contribution in [2.75, 3.05) is 0 Å². The normalized spacial score (nSPS) is 14.8. The van der Waals surface area contributed by atoms with E-state index in [9.17, 15) is 10.2 Å².